The topological polar surface area (TPSA) is 20.3 Å². The number of fused-ring (bicyclic) bond motifs is 21. The quantitative estimate of drug-likeness (QED) is 0.139. The van der Waals surface area contributed by atoms with E-state index in [4.69, 9.17) is 0 Å². The third kappa shape index (κ3) is 6.58. The summed E-state index contributed by atoms with van der Waals surface area (Å²) in [6, 6.07) is 68.4. The summed E-state index contributed by atoms with van der Waals surface area (Å²) in [4.78, 5) is 20.8. The number of hydrogen-bond donors (Lipinski definition) is 0. The van der Waals surface area contributed by atoms with Gasteiger partial charge in [-0.3, -0.25) is 9.69 Å². The fourth-order valence-corrected chi connectivity index (χ4v) is 18.3. The molecule has 4 heterocycles. The number of amides is 1. The predicted molar refractivity (Wildman–Crippen MR) is 374 cm³/mol. The number of hydrogen-bond acceptors (Lipinski definition) is 1. The fourth-order valence-electron chi connectivity index (χ4n) is 18.3. The zero-order valence-electron chi connectivity index (χ0n) is 55.6. The van der Waals surface area contributed by atoms with Crippen molar-refractivity contribution in [2.45, 2.75) is 173 Å². The van der Waals surface area contributed by atoms with Gasteiger partial charge in [0, 0.05) is 11.1 Å². The molecule has 3 spiro atoms. The van der Waals surface area contributed by atoms with Crippen molar-refractivity contribution in [1.29, 1.82) is 0 Å². The van der Waals surface area contributed by atoms with Gasteiger partial charge in [0.2, 0.25) is 6.71 Å². The molecule has 0 N–H and O–H groups in total. The van der Waals surface area contributed by atoms with Gasteiger partial charge in [-0.2, -0.15) is 0 Å². The average molecular weight is 1160 g/mol. The van der Waals surface area contributed by atoms with Gasteiger partial charge in [0.15, 0.2) is 0 Å². The lowest BCUT2D eigenvalue weighted by Crippen LogP contribution is -2.72. The van der Waals surface area contributed by atoms with Crippen LogP contribution in [0.5, 0.6) is 0 Å². The van der Waals surface area contributed by atoms with Gasteiger partial charge in [-0.25, -0.2) is 0 Å². The van der Waals surface area contributed by atoms with E-state index in [1.807, 2.05) is 0 Å². The molecule has 17 rings (SSSR count). The smallest absolute Gasteiger partial charge is 0.251 e. The standard InChI is InChI=1S/C86H82BNO/c1-78(2,3)48-28-34-54-55-35-29-49(79(4,5)6)42-65(55)84(64(54)41-48)61-24-20-25-62-73(61)87-74-63(84)26-21-27-71(74)88-76-72-47(40-70(75(76)87)85(62)66-43-50(80(7,8)9)30-36-56(66)57-37-31-51(44-67(57)85)81(10,11)12)22-19-23-60(72)86(77(88)89)68-45-52(82(13,14)15)32-38-58(68)59-39-33-53(46-69(59)86)83(16,17)18/h19-46H,1-18H3. The van der Waals surface area contributed by atoms with Crippen LogP contribution in [-0.2, 0) is 53.5 Å². The molecule has 0 aromatic heterocycles. The Labute approximate surface area is 528 Å². The molecule has 0 bridgehead atoms. The first kappa shape index (κ1) is 55.1. The zero-order valence-corrected chi connectivity index (χ0v) is 55.6. The van der Waals surface area contributed by atoms with Crippen LogP contribution in [0.1, 0.15) is 219 Å². The molecule has 7 aliphatic rings. The van der Waals surface area contributed by atoms with Crippen LogP contribution in [0.4, 0.5) is 11.4 Å². The Kier molecular flexibility index (Phi) is 10.3. The zero-order chi connectivity index (χ0) is 62.4. The fraction of sp³-hybridized carbons (Fsp3) is 0.314. The largest absolute Gasteiger partial charge is 0.280 e. The van der Waals surface area contributed by atoms with Gasteiger partial charge in [0.25, 0.3) is 5.91 Å². The number of anilines is 2. The van der Waals surface area contributed by atoms with E-state index >= 15 is 4.79 Å². The van der Waals surface area contributed by atoms with Crippen molar-refractivity contribution in [1.82, 2.24) is 0 Å². The minimum atomic E-state index is -1.18. The maximum Gasteiger partial charge on any atom is 0.251 e. The van der Waals surface area contributed by atoms with E-state index < -0.39 is 16.2 Å². The highest BCUT2D eigenvalue weighted by Crippen LogP contribution is 2.67. The van der Waals surface area contributed by atoms with E-state index in [1.54, 1.807) is 0 Å². The van der Waals surface area contributed by atoms with Crippen molar-refractivity contribution in [2.75, 3.05) is 4.90 Å². The highest BCUT2D eigenvalue weighted by atomic mass is 16.2. The molecule has 4 aliphatic heterocycles. The van der Waals surface area contributed by atoms with Crippen LogP contribution < -0.4 is 21.3 Å². The number of benzene rings is 10. The lowest BCUT2D eigenvalue weighted by Gasteiger charge is -2.55. The number of carbonyl (C=O) groups excluding carboxylic acids is 1. The monoisotopic (exact) mass is 1160 g/mol. The molecule has 0 radical (unpaired) electrons. The van der Waals surface area contributed by atoms with Gasteiger partial charge in [-0.05, 0) is 189 Å². The van der Waals surface area contributed by atoms with Crippen molar-refractivity contribution in [3.05, 3.63) is 264 Å². The Morgan fingerprint density at radius 2 is 0.596 bits per heavy atom. The van der Waals surface area contributed by atoms with Crippen molar-refractivity contribution in [3.63, 3.8) is 0 Å². The molecule has 0 unspecified atom stereocenters. The summed E-state index contributed by atoms with van der Waals surface area (Å²) >= 11 is 0. The average Bonchev–Trinajstić information content (AvgIpc) is 1.63. The molecule has 440 valence electrons. The van der Waals surface area contributed by atoms with Crippen LogP contribution in [0.15, 0.2) is 170 Å². The molecule has 0 saturated heterocycles. The second kappa shape index (κ2) is 16.7. The molecule has 0 fully saturated rings. The normalized spacial score (nSPS) is 16.9. The SMILES string of the molecule is CC(C)(C)c1ccc2c(c1)C1(C(=O)N3c4cccc5c4B4c6c(cccc6C6(c7cc(C(C)(C)C)ccc7-c7ccc(C(C)(C)C)cc76)c6cc7cccc1c7c3c64)C51c3cc(C(C)(C)C)ccc3-c3ccc(C(C)(C)C)cc31)c1cc(C(C)(C)C)ccc1-2. The maximum atomic E-state index is 18.4. The summed E-state index contributed by atoms with van der Waals surface area (Å²) in [7, 11) is 0. The molecule has 10 aromatic carbocycles. The van der Waals surface area contributed by atoms with E-state index in [0.717, 1.165) is 39.2 Å². The van der Waals surface area contributed by atoms with Crippen molar-refractivity contribution in [3.8, 4) is 33.4 Å². The number of nitrogens with zero attached hydrogens (tertiary/aromatic N) is 1. The Hall–Kier alpha value is -8.01. The van der Waals surface area contributed by atoms with Crippen LogP contribution in [-0.4, -0.2) is 12.6 Å². The Morgan fingerprint density at radius 3 is 0.955 bits per heavy atom. The number of carbonyl (C=O) groups is 1. The van der Waals surface area contributed by atoms with Crippen LogP contribution in [0.3, 0.4) is 0 Å². The summed E-state index contributed by atoms with van der Waals surface area (Å²) in [6.45, 7) is 42.1. The maximum absolute atomic E-state index is 18.4. The molecule has 3 aliphatic carbocycles. The molecule has 0 atom stereocenters. The number of rotatable bonds is 0. The van der Waals surface area contributed by atoms with Gasteiger partial charge in [-0.15, -0.1) is 0 Å². The molecule has 1 amide bonds. The minimum absolute atomic E-state index is 0.108. The summed E-state index contributed by atoms with van der Waals surface area (Å²) in [5.74, 6) is 0.108. The van der Waals surface area contributed by atoms with Crippen LogP contribution in [0.2, 0.25) is 0 Å². The van der Waals surface area contributed by atoms with Crippen LogP contribution in [0, 0.1) is 0 Å². The predicted octanol–water partition coefficient (Wildman–Crippen LogP) is 18.8. The van der Waals surface area contributed by atoms with Crippen molar-refractivity contribution < 1.29 is 4.79 Å². The third-order valence-corrected chi connectivity index (χ3v) is 22.9. The van der Waals surface area contributed by atoms with E-state index in [0.29, 0.717) is 0 Å². The molecule has 10 aromatic rings. The van der Waals surface area contributed by atoms with Gasteiger partial charge < -0.3 is 0 Å². The second-order valence-electron chi connectivity index (χ2n) is 34.0. The molecule has 3 heteroatoms. The first-order valence-corrected chi connectivity index (χ1v) is 33.0. The van der Waals surface area contributed by atoms with Gasteiger partial charge >= 0.3 is 0 Å². The third-order valence-electron chi connectivity index (χ3n) is 22.9. The van der Waals surface area contributed by atoms with Crippen molar-refractivity contribution >= 4 is 51.2 Å². The van der Waals surface area contributed by atoms with Gasteiger partial charge in [0.1, 0.15) is 5.41 Å². The summed E-state index contributed by atoms with van der Waals surface area (Å²) in [5, 5.41) is 2.36. The molecular weight excluding hydrogens is 1070 g/mol. The first-order chi connectivity index (χ1) is 41.8. The molecule has 2 nitrogen and oxygen atoms in total. The molecule has 89 heavy (non-hydrogen) atoms. The van der Waals surface area contributed by atoms with Crippen LogP contribution >= 0.6 is 0 Å². The second-order valence-corrected chi connectivity index (χ2v) is 34.0. The van der Waals surface area contributed by atoms with Gasteiger partial charge in [-0.1, -0.05) is 288 Å². The van der Waals surface area contributed by atoms with E-state index in [9.17, 15) is 0 Å². The van der Waals surface area contributed by atoms with E-state index in [1.165, 1.54) is 127 Å². The molecule has 0 saturated carbocycles. The van der Waals surface area contributed by atoms with Gasteiger partial charge in [0.05, 0.1) is 16.5 Å². The Morgan fingerprint density at radius 1 is 0.292 bits per heavy atom. The van der Waals surface area contributed by atoms with E-state index in [-0.39, 0.29) is 45.1 Å². The summed E-state index contributed by atoms with van der Waals surface area (Å²) in [5.41, 5.74) is 31.5. The van der Waals surface area contributed by atoms with Crippen LogP contribution in [0.25, 0.3) is 44.2 Å². The summed E-state index contributed by atoms with van der Waals surface area (Å²) in [6.07, 6.45) is 0. The Bertz CT molecular complexity index is 4750. The van der Waals surface area contributed by atoms with Crippen molar-refractivity contribution in [2.24, 2.45) is 0 Å². The van der Waals surface area contributed by atoms with E-state index in [2.05, 4.69) is 299 Å². The first-order valence-electron chi connectivity index (χ1n) is 33.0. The highest BCUT2D eigenvalue weighted by molar-refractivity contribution is 7.00. The minimum Gasteiger partial charge on any atom is -0.280 e. The molecular formula is C86H82BNO. The Balaban J connectivity index is 1.12. The highest BCUT2D eigenvalue weighted by Gasteiger charge is 2.66. The lowest BCUT2D eigenvalue weighted by atomic mass is 9.24. The lowest BCUT2D eigenvalue weighted by molar-refractivity contribution is -0.120. The summed E-state index contributed by atoms with van der Waals surface area (Å²) < 4.78 is 0.